The van der Waals surface area contributed by atoms with Crippen LogP contribution in [0.4, 0.5) is 0 Å². The molecule has 0 heterocycles. The molecule has 5 nitrogen and oxygen atoms in total. The minimum atomic E-state index is -1.00. The fourth-order valence-electron chi connectivity index (χ4n) is 1.40. The number of carboxylic acid groups (broad SMARTS) is 1. The first-order valence-corrected chi connectivity index (χ1v) is 5.82. The minimum Gasteiger partial charge on any atom is -0.508 e. The minimum absolute atomic E-state index is 0.0448. The maximum absolute atomic E-state index is 11.2. The summed E-state index contributed by atoms with van der Waals surface area (Å²) in [7, 11) is 0. The maximum Gasteiger partial charge on any atom is 0.303 e. The van der Waals surface area contributed by atoms with Gasteiger partial charge in [0, 0.05) is 18.0 Å². The number of benzene rings is 1. The molecule has 1 aromatic carbocycles. The van der Waals surface area contributed by atoms with Gasteiger partial charge in [-0.15, -0.1) is 0 Å². The van der Waals surface area contributed by atoms with Crippen molar-refractivity contribution in [3.05, 3.63) is 28.8 Å². The first kappa shape index (κ1) is 14.3. The molecule has 0 spiro atoms. The van der Waals surface area contributed by atoms with Gasteiger partial charge in [-0.3, -0.25) is 9.59 Å². The average molecular weight is 272 g/mol. The topological polar surface area (TPSA) is 86.6 Å². The number of phenols is 1. The van der Waals surface area contributed by atoms with E-state index >= 15 is 0 Å². The number of rotatable bonds is 6. The Kier molecular flexibility index (Phi) is 5.45. The largest absolute Gasteiger partial charge is 0.508 e. The number of aliphatic carboxylic acids is 1. The number of hydrogen-bond donors (Lipinski definition) is 3. The zero-order chi connectivity index (χ0) is 13.5. The van der Waals surface area contributed by atoms with E-state index in [1.165, 1.54) is 6.07 Å². The van der Waals surface area contributed by atoms with Crippen LogP contribution < -0.4 is 5.32 Å². The van der Waals surface area contributed by atoms with Crippen LogP contribution in [0.1, 0.15) is 18.4 Å². The summed E-state index contributed by atoms with van der Waals surface area (Å²) >= 11 is 5.78. The van der Waals surface area contributed by atoms with Gasteiger partial charge in [-0.25, -0.2) is 0 Å². The van der Waals surface area contributed by atoms with Crippen LogP contribution in [0.25, 0.3) is 0 Å². The van der Waals surface area contributed by atoms with Gasteiger partial charge in [0.1, 0.15) is 5.75 Å². The van der Waals surface area contributed by atoms with Gasteiger partial charge < -0.3 is 15.5 Å². The van der Waals surface area contributed by atoms with Gasteiger partial charge in [0.15, 0.2) is 0 Å². The standard InChI is InChI=1S/C12H14ClNO4/c13-9-1-2-10(15)8(7-9)5-6-14-11(16)3-4-12(17)18/h1-2,7,15H,3-6H2,(H,14,16)(H,17,18). The highest BCUT2D eigenvalue weighted by Crippen LogP contribution is 2.21. The number of phenolic OH excluding ortho intramolecular Hbond substituents is 1. The second kappa shape index (κ2) is 6.86. The van der Waals surface area contributed by atoms with Gasteiger partial charge in [0.2, 0.25) is 5.91 Å². The van der Waals surface area contributed by atoms with Crippen LogP contribution in [0.15, 0.2) is 18.2 Å². The van der Waals surface area contributed by atoms with Crippen LogP contribution in [-0.2, 0) is 16.0 Å². The molecule has 1 rings (SSSR count). The van der Waals surface area contributed by atoms with Crippen molar-refractivity contribution in [3.63, 3.8) is 0 Å². The second-order valence-electron chi connectivity index (χ2n) is 3.77. The van der Waals surface area contributed by atoms with Crippen LogP contribution in [0.3, 0.4) is 0 Å². The molecule has 3 N–H and O–H groups in total. The lowest BCUT2D eigenvalue weighted by Crippen LogP contribution is -2.26. The van der Waals surface area contributed by atoms with Crippen LogP contribution >= 0.6 is 11.6 Å². The predicted octanol–water partition coefficient (Wildman–Crippen LogP) is 1.57. The van der Waals surface area contributed by atoms with Crippen molar-refractivity contribution in [3.8, 4) is 5.75 Å². The summed E-state index contributed by atoms with van der Waals surface area (Å²) in [6.45, 7) is 0.326. The molecule has 0 unspecified atom stereocenters. The van der Waals surface area contributed by atoms with Crippen molar-refractivity contribution < 1.29 is 19.8 Å². The van der Waals surface area contributed by atoms with E-state index in [2.05, 4.69) is 5.32 Å². The summed E-state index contributed by atoms with van der Waals surface area (Å²) in [5.74, 6) is -1.20. The molecule has 0 aliphatic carbocycles. The molecule has 1 amide bonds. The van der Waals surface area contributed by atoms with E-state index in [0.717, 1.165) is 0 Å². The molecule has 0 saturated carbocycles. The summed E-state index contributed by atoms with van der Waals surface area (Å²) in [6.07, 6.45) is 0.205. The summed E-state index contributed by atoms with van der Waals surface area (Å²) in [6, 6.07) is 4.69. The highest BCUT2D eigenvalue weighted by atomic mass is 35.5. The molecule has 0 aromatic heterocycles. The lowest BCUT2D eigenvalue weighted by molar-refractivity contribution is -0.138. The molecule has 6 heteroatoms. The number of halogens is 1. The Balaban J connectivity index is 2.35. The Morgan fingerprint density at radius 1 is 1.28 bits per heavy atom. The Morgan fingerprint density at radius 3 is 2.67 bits per heavy atom. The Bertz CT molecular complexity index is 448. The Hall–Kier alpha value is -1.75. The van der Waals surface area contributed by atoms with Crippen molar-refractivity contribution in [1.82, 2.24) is 5.32 Å². The zero-order valence-corrected chi connectivity index (χ0v) is 10.4. The first-order valence-electron chi connectivity index (χ1n) is 5.45. The monoisotopic (exact) mass is 271 g/mol. The summed E-state index contributed by atoms with van der Waals surface area (Å²) in [5, 5.41) is 21.0. The van der Waals surface area contributed by atoms with Crippen LogP contribution in [0, 0.1) is 0 Å². The van der Waals surface area contributed by atoms with Gasteiger partial charge in [-0.05, 0) is 30.2 Å². The van der Waals surface area contributed by atoms with Gasteiger partial charge in [-0.1, -0.05) is 11.6 Å². The van der Waals surface area contributed by atoms with Crippen molar-refractivity contribution in [1.29, 1.82) is 0 Å². The van der Waals surface area contributed by atoms with E-state index in [4.69, 9.17) is 16.7 Å². The molecule has 0 saturated heterocycles. The molecule has 0 fully saturated rings. The van der Waals surface area contributed by atoms with E-state index in [-0.39, 0.29) is 24.5 Å². The van der Waals surface area contributed by atoms with E-state index in [9.17, 15) is 14.7 Å². The number of carbonyl (C=O) groups excluding carboxylic acids is 1. The summed E-state index contributed by atoms with van der Waals surface area (Å²) in [4.78, 5) is 21.5. The third-order valence-electron chi connectivity index (χ3n) is 2.32. The van der Waals surface area contributed by atoms with Crippen molar-refractivity contribution in [2.75, 3.05) is 6.54 Å². The highest BCUT2D eigenvalue weighted by Gasteiger charge is 2.06. The molecule has 0 aliphatic heterocycles. The van der Waals surface area contributed by atoms with Crippen molar-refractivity contribution >= 4 is 23.5 Å². The fourth-order valence-corrected chi connectivity index (χ4v) is 1.59. The second-order valence-corrected chi connectivity index (χ2v) is 4.20. The van der Waals surface area contributed by atoms with Gasteiger partial charge in [0.05, 0.1) is 6.42 Å². The van der Waals surface area contributed by atoms with Crippen LogP contribution in [0.2, 0.25) is 5.02 Å². The SMILES string of the molecule is O=C(O)CCC(=O)NCCc1cc(Cl)ccc1O. The molecule has 18 heavy (non-hydrogen) atoms. The van der Waals surface area contributed by atoms with Crippen LogP contribution in [0.5, 0.6) is 5.75 Å². The number of amides is 1. The number of aromatic hydroxyl groups is 1. The van der Waals surface area contributed by atoms with Gasteiger partial charge in [0.25, 0.3) is 0 Å². The lowest BCUT2D eigenvalue weighted by Gasteiger charge is -2.06. The maximum atomic E-state index is 11.2. The molecule has 0 aliphatic rings. The average Bonchev–Trinajstić information content (AvgIpc) is 2.31. The lowest BCUT2D eigenvalue weighted by atomic mass is 10.1. The van der Waals surface area contributed by atoms with E-state index in [1.54, 1.807) is 12.1 Å². The van der Waals surface area contributed by atoms with Gasteiger partial charge in [-0.2, -0.15) is 0 Å². The molecular formula is C12H14ClNO4. The number of carboxylic acids is 1. The third kappa shape index (κ3) is 5.05. The smallest absolute Gasteiger partial charge is 0.303 e. The molecule has 1 aromatic rings. The third-order valence-corrected chi connectivity index (χ3v) is 2.56. The van der Waals surface area contributed by atoms with E-state index in [1.807, 2.05) is 0 Å². The fraction of sp³-hybridized carbons (Fsp3) is 0.333. The summed E-state index contributed by atoms with van der Waals surface area (Å²) in [5.41, 5.74) is 0.640. The van der Waals surface area contributed by atoms with Crippen molar-refractivity contribution in [2.45, 2.75) is 19.3 Å². The normalized spacial score (nSPS) is 10.1. The first-order chi connectivity index (χ1) is 8.49. The molecular weight excluding hydrogens is 258 g/mol. The molecule has 98 valence electrons. The number of nitrogens with one attached hydrogen (secondary N) is 1. The number of carbonyl (C=O) groups is 2. The highest BCUT2D eigenvalue weighted by molar-refractivity contribution is 6.30. The van der Waals surface area contributed by atoms with Gasteiger partial charge >= 0.3 is 5.97 Å². The Morgan fingerprint density at radius 2 is 2.00 bits per heavy atom. The van der Waals surface area contributed by atoms with Crippen molar-refractivity contribution in [2.24, 2.45) is 0 Å². The summed E-state index contributed by atoms with van der Waals surface area (Å²) < 4.78 is 0. The molecule has 0 bridgehead atoms. The predicted molar refractivity (Wildman–Crippen MR) is 66.7 cm³/mol. The number of hydrogen-bond acceptors (Lipinski definition) is 3. The quantitative estimate of drug-likeness (QED) is 0.733. The van der Waals surface area contributed by atoms with Crippen LogP contribution in [-0.4, -0.2) is 28.6 Å². The van der Waals surface area contributed by atoms with E-state index < -0.39 is 5.97 Å². The zero-order valence-electron chi connectivity index (χ0n) is 9.65. The molecule has 0 atom stereocenters. The molecule has 0 radical (unpaired) electrons. The van der Waals surface area contributed by atoms with E-state index in [0.29, 0.717) is 23.6 Å². The Labute approximate surface area is 109 Å².